The highest BCUT2D eigenvalue weighted by molar-refractivity contribution is 5.54. The molecule has 19 heavy (non-hydrogen) atoms. The second kappa shape index (κ2) is 5.51. The lowest BCUT2D eigenvalue weighted by Crippen LogP contribution is -2.00. The van der Waals surface area contributed by atoms with Crippen LogP contribution in [0.25, 0.3) is 0 Å². The number of rotatable bonds is 5. The van der Waals surface area contributed by atoms with Gasteiger partial charge in [-0.25, -0.2) is 0 Å². The average molecular weight is 260 g/mol. The van der Waals surface area contributed by atoms with Gasteiger partial charge in [-0.05, 0) is 19.9 Å². The minimum atomic E-state index is -0.365. The molecule has 1 aromatic heterocycles. The topological polar surface area (TPSA) is 73.0 Å². The average Bonchev–Trinajstić information content (AvgIpc) is 2.85. The third-order valence-corrected chi connectivity index (χ3v) is 2.91. The lowest BCUT2D eigenvalue weighted by atomic mass is 10.2. The summed E-state index contributed by atoms with van der Waals surface area (Å²) in [5.41, 5.74) is 2.58. The lowest BCUT2D eigenvalue weighted by Gasteiger charge is -2.05. The maximum Gasteiger partial charge on any atom is 0.274 e. The second-order valence-corrected chi connectivity index (χ2v) is 4.32. The van der Waals surface area contributed by atoms with Crippen molar-refractivity contribution >= 4 is 11.4 Å². The smallest absolute Gasteiger partial charge is 0.274 e. The molecule has 0 amide bonds. The van der Waals surface area contributed by atoms with Crippen molar-refractivity contribution < 1.29 is 4.92 Å². The lowest BCUT2D eigenvalue weighted by molar-refractivity contribution is -0.385. The third-order valence-electron chi connectivity index (χ3n) is 2.91. The number of nitrogens with zero attached hydrogens (tertiary/aromatic N) is 3. The molecular weight excluding hydrogens is 244 g/mol. The van der Waals surface area contributed by atoms with Gasteiger partial charge in [-0.1, -0.05) is 6.07 Å². The van der Waals surface area contributed by atoms with Crippen LogP contribution in [-0.2, 0) is 13.1 Å². The zero-order valence-electron chi connectivity index (χ0n) is 11.0. The fourth-order valence-corrected chi connectivity index (χ4v) is 1.79. The number of nitro benzene ring substituents is 1. The van der Waals surface area contributed by atoms with Crippen molar-refractivity contribution in [1.29, 1.82) is 0 Å². The van der Waals surface area contributed by atoms with Crippen molar-refractivity contribution in [3.63, 3.8) is 0 Å². The van der Waals surface area contributed by atoms with E-state index < -0.39 is 0 Å². The first kappa shape index (κ1) is 13.1. The molecule has 0 saturated carbocycles. The Balaban J connectivity index is 2.07. The summed E-state index contributed by atoms with van der Waals surface area (Å²) in [7, 11) is 0. The Hall–Kier alpha value is -2.37. The standard InChI is InChI=1S/C13H16N4O2/c1-3-16-9-11(8-15-16)7-14-12-5-4-10(2)13(6-12)17(18)19/h4-6,8-9,14H,3,7H2,1-2H3. The molecule has 2 aromatic rings. The molecule has 2 rings (SSSR count). The Morgan fingerprint density at radius 2 is 2.26 bits per heavy atom. The number of hydrogen-bond donors (Lipinski definition) is 1. The number of aryl methyl sites for hydroxylation is 2. The highest BCUT2D eigenvalue weighted by Crippen LogP contribution is 2.22. The van der Waals surface area contributed by atoms with Gasteiger partial charge >= 0.3 is 0 Å². The van der Waals surface area contributed by atoms with E-state index in [2.05, 4.69) is 10.4 Å². The summed E-state index contributed by atoms with van der Waals surface area (Å²) in [5.74, 6) is 0. The normalized spacial score (nSPS) is 10.4. The van der Waals surface area contributed by atoms with Crippen molar-refractivity contribution in [2.45, 2.75) is 26.9 Å². The van der Waals surface area contributed by atoms with Gasteiger partial charge in [0.15, 0.2) is 0 Å². The summed E-state index contributed by atoms with van der Waals surface area (Å²) in [5, 5.41) is 18.2. The van der Waals surface area contributed by atoms with Crippen LogP contribution in [-0.4, -0.2) is 14.7 Å². The molecule has 0 bridgehead atoms. The number of hydrogen-bond acceptors (Lipinski definition) is 4. The molecule has 1 N–H and O–H groups in total. The summed E-state index contributed by atoms with van der Waals surface area (Å²) in [6.07, 6.45) is 3.74. The fourth-order valence-electron chi connectivity index (χ4n) is 1.79. The highest BCUT2D eigenvalue weighted by atomic mass is 16.6. The third kappa shape index (κ3) is 3.09. The van der Waals surface area contributed by atoms with Crippen LogP contribution < -0.4 is 5.32 Å². The van der Waals surface area contributed by atoms with Crippen LogP contribution in [0.1, 0.15) is 18.1 Å². The Labute approximate surface area is 111 Å². The molecule has 1 heterocycles. The van der Waals surface area contributed by atoms with Gasteiger partial charge in [0.1, 0.15) is 0 Å². The van der Waals surface area contributed by atoms with Crippen LogP contribution >= 0.6 is 0 Å². The monoisotopic (exact) mass is 260 g/mol. The van der Waals surface area contributed by atoms with Crippen LogP contribution in [0, 0.1) is 17.0 Å². The molecule has 6 nitrogen and oxygen atoms in total. The zero-order chi connectivity index (χ0) is 13.8. The van der Waals surface area contributed by atoms with E-state index in [9.17, 15) is 10.1 Å². The Bertz CT molecular complexity index is 592. The van der Waals surface area contributed by atoms with E-state index in [1.54, 1.807) is 25.3 Å². The van der Waals surface area contributed by atoms with E-state index in [1.165, 1.54) is 0 Å². The van der Waals surface area contributed by atoms with Gasteiger partial charge in [0.2, 0.25) is 0 Å². The first-order chi connectivity index (χ1) is 9.10. The first-order valence-electron chi connectivity index (χ1n) is 6.10. The number of anilines is 1. The number of benzene rings is 1. The molecule has 0 saturated heterocycles. The molecule has 0 radical (unpaired) electrons. The number of nitrogens with one attached hydrogen (secondary N) is 1. The van der Waals surface area contributed by atoms with Gasteiger partial charge in [-0.3, -0.25) is 14.8 Å². The van der Waals surface area contributed by atoms with E-state index in [-0.39, 0.29) is 10.6 Å². The molecule has 100 valence electrons. The van der Waals surface area contributed by atoms with E-state index in [0.29, 0.717) is 12.1 Å². The number of aromatic nitrogens is 2. The minimum absolute atomic E-state index is 0.134. The van der Waals surface area contributed by atoms with Crippen LogP contribution in [0.2, 0.25) is 0 Å². The molecule has 0 spiro atoms. The summed E-state index contributed by atoms with van der Waals surface area (Å²) in [4.78, 5) is 10.5. The van der Waals surface area contributed by atoms with Gasteiger partial charge in [0.05, 0.1) is 11.1 Å². The molecule has 0 aliphatic rings. The molecule has 0 fully saturated rings. The van der Waals surface area contributed by atoms with Crippen LogP contribution in [0.3, 0.4) is 0 Å². The second-order valence-electron chi connectivity index (χ2n) is 4.32. The molecule has 0 aliphatic carbocycles. The predicted molar refractivity (Wildman–Crippen MR) is 73.1 cm³/mol. The first-order valence-corrected chi connectivity index (χ1v) is 6.10. The Kier molecular flexibility index (Phi) is 3.79. The van der Waals surface area contributed by atoms with Gasteiger partial charge in [0, 0.05) is 42.2 Å². The molecule has 6 heteroatoms. The van der Waals surface area contributed by atoms with Crippen LogP contribution in [0.5, 0.6) is 0 Å². The maximum absolute atomic E-state index is 10.9. The SMILES string of the molecule is CCn1cc(CNc2ccc(C)c([N+](=O)[O-])c2)cn1. The highest BCUT2D eigenvalue weighted by Gasteiger charge is 2.10. The molecule has 0 unspecified atom stereocenters. The summed E-state index contributed by atoms with van der Waals surface area (Å²) >= 11 is 0. The summed E-state index contributed by atoms with van der Waals surface area (Å²) in [6, 6.07) is 5.14. The van der Waals surface area contributed by atoms with Gasteiger partial charge in [0.25, 0.3) is 5.69 Å². The summed E-state index contributed by atoms with van der Waals surface area (Å²) in [6.45, 7) is 5.18. The molecule has 1 aromatic carbocycles. The minimum Gasteiger partial charge on any atom is -0.381 e. The quantitative estimate of drug-likeness (QED) is 0.662. The van der Waals surface area contributed by atoms with E-state index >= 15 is 0 Å². The van der Waals surface area contributed by atoms with Crippen molar-refractivity contribution in [1.82, 2.24) is 9.78 Å². The van der Waals surface area contributed by atoms with Crippen molar-refractivity contribution in [3.05, 3.63) is 51.8 Å². The van der Waals surface area contributed by atoms with Crippen LogP contribution in [0.4, 0.5) is 11.4 Å². The fraction of sp³-hybridized carbons (Fsp3) is 0.308. The Morgan fingerprint density at radius 3 is 2.89 bits per heavy atom. The van der Waals surface area contributed by atoms with Crippen molar-refractivity contribution in [3.8, 4) is 0 Å². The largest absolute Gasteiger partial charge is 0.381 e. The Morgan fingerprint density at radius 1 is 1.47 bits per heavy atom. The van der Waals surface area contributed by atoms with Crippen molar-refractivity contribution in [2.75, 3.05) is 5.32 Å². The van der Waals surface area contributed by atoms with Gasteiger partial charge < -0.3 is 5.32 Å². The molecule has 0 atom stereocenters. The predicted octanol–water partition coefficient (Wildman–Crippen LogP) is 2.73. The van der Waals surface area contributed by atoms with E-state index in [4.69, 9.17) is 0 Å². The van der Waals surface area contributed by atoms with Crippen molar-refractivity contribution in [2.24, 2.45) is 0 Å². The summed E-state index contributed by atoms with van der Waals surface area (Å²) < 4.78 is 1.84. The number of nitro groups is 1. The van der Waals surface area contributed by atoms with Gasteiger partial charge in [-0.15, -0.1) is 0 Å². The van der Waals surface area contributed by atoms with Gasteiger partial charge in [-0.2, -0.15) is 5.10 Å². The molecule has 0 aliphatic heterocycles. The van der Waals surface area contributed by atoms with E-state index in [0.717, 1.165) is 17.8 Å². The maximum atomic E-state index is 10.9. The zero-order valence-corrected chi connectivity index (χ0v) is 11.0. The van der Waals surface area contributed by atoms with E-state index in [1.807, 2.05) is 23.9 Å². The van der Waals surface area contributed by atoms with Crippen LogP contribution in [0.15, 0.2) is 30.6 Å². The molecular formula is C13H16N4O2.